The quantitative estimate of drug-likeness (QED) is 0.647. The van der Waals surface area contributed by atoms with Crippen molar-refractivity contribution in [3.05, 3.63) is 93.8 Å². The molecule has 0 radical (unpaired) electrons. The first-order valence-corrected chi connectivity index (χ1v) is 9.54. The molecule has 144 valence electrons. The van der Waals surface area contributed by atoms with Gasteiger partial charge in [0, 0.05) is 23.9 Å². The molecule has 0 aliphatic rings. The second kappa shape index (κ2) is 8.70. The highest BCUT2D eigenvalue weighted by molar-refractivity contribution is 5.91. The minimum atomic E-state index is -0.102. The second-order valence-electron chi connectivity index (χ2n) is 7.20. The van der Waals surface area contributed by atoms with Crippen LogP contribution in [0.5, 0.6) is 0 Å². The van der Waals surface area contributed by atoms with Gasteiger partial charge in [0.1, 0.15) is 0 Å². The zero-order valence-electron chi connectivity index (χ0n) is 17.0. The van der Waals surface area contributed by atoms with Crippen LogP contribution in [0.2, 0.25) is 0 Å². The third kappa shape index (κ3) is 4.77. The van der Waals surface area contributed by atoms with Gasteiger partial charge in [-0.1, -0.05) is 54.1 Å². The number of nitrogens with one attached hydrogen (secondary N) is 1. The van der Waals surface area contributed by atoms with Crippen molar-refractivity contribution in [1.82, 2.24) is 15.1 Å². The molecule has 0 spiro atoms. The summed E-state index contributed by atoms with van der Waals surface area (Å²) in [6.07, 6.45) is 3.46. The van der Waals surface area contributed by atoms with E-state index in [2.05, 4.69) is 55.5 Å². The van der Waals surface area contributed by atoms with E-state index in [0.717, 1.165) is 34.6 Å². The molecule has 0 bridgehead atoms. The van der Waals surface area contributed by atoms with Crippen molar-refractivity contribution in [2.75, 3.05) is 0 Å². The van der Waals surface area contributed by atoms with Crippen LogP contribution in [0.4, 0.5) is 0 Å². The first-order valence-electron chi connectivity index (χ1n) is 9.54. The van der Waals surface area contributed by atoms with Crippen LogP contribution in [0, 0.1) is 27.7 Å². The fraction of sp³-hybridized carbons (Fsp3) is 0.250. The van der Waals surface area contributed by atoms with E-state index in [4.69, 9.17) is 0 Å². The van der Waals surface area contributed by atoms with E-state index in [0.29, 0.717) is 6.54 Å². The molecule has 0 atom stereocenters. The molecule has 28 heavy (non-hydrogen) atoms. The maximum absolute atomic E-state index is 12.3. The largest absolute Gasteiger partial charge is 0.348 e. The van der Waals surface area contributed by atoms with E-state index < -0.39 is 0 Å². The Labute approximate surface area is 166 Å². The third-order valence-electron chi connectivity index (χ3n) is 4.99. The van der Waals surface area contributed by atoms with Gasteiger partial charge in [0.05, 0.1) is 12.2 Å². The minimum absolute atomic E-state index is 0.102. The van der Waals surface area contributed by atoms with E-state index in [1.54, 1.807) is 6.08 Å². The molecule has 0 unspecified atom stereocenters. The SMILES string of the molecule is Cc1ccc(C=CC(=O)NCc2c(C)nn(Cc3ccccc3)c2C)c(C)c1. The smallest absolute Gasteiger partial charge is 0.244 e. The van der Waals surface area contributed by atoms with Crippen LogP contribution >= 0.6 is 0 Å². The topological polar surface area (TPSA) is 46.9 Å². The van der Waals surface area contributed by atoms with E-state index in [9.17, 15) is 4.79 Å². The van der Waals surface area contributed by atoms with Crippen molar-refractivity contribution >= 4 is 12.0 Å². The van der Waals surface area contributed by atoms with Crippen LogP contribution in [0.15, 0.2) is 54.6 Å². The average Bonchev–Trinajstić information content (AvgIpc) is 2.93. The van der Waals surface area contributed by atoms with Crippen molar-refractivity contribution in [2.24, 2.45) is 0 Å². The Kier molecular flexibility index (Phi) is 6.09. The molecule has 3 rings (SSSR count). The summed E-state index contributed by atoms with van der Waals surface area (Å²) in [6.45, 7) is 9.36. The van der Waals surface area contributed by atoms with Gasteiger partial charge < -0.3 is 5.32 Å². The summed E-state index contributed by atoms with van der Waals surface area (Å²) in [5, 5.41) is 7.62. The number of nitrogens with zero attached hydrogens (tertiary/aromatic N) is 2. The number of carbonyl (C=O) groups is 1. The molecule has 0 saturated heterocycles. The predicted octanol–water partition coefficient (Wildman–Crippen LogP) is 4.49. The Morgan fingerprint density at radius 3 is 2.54 bits per heavy atom. The molecule has 1 aromatic heterocycles. The molecular formula is C24H27N3O. The van der Waals surface area contributed by atoms with Crippen LogP contribution in [-0.2, 0) is 17.9 Å². The van der Waals surface area contributed by atoms with E-state index in [1.807, 2.05) is 41.9 Å². The molecule has 4 heteroatoms. The highest BCUT2D eigenvalue weighted by atomic mass is 16.1. The normalized spacial score (nSPS) is 11.1. The minimum Gasteiger partial charge on any atom is -0.348 e. The molecule has 0 aliphatic carbocycles. The summed E-state index contributed by atoms with van der Waals surface area (Å²) in [7, 11) is 0. The van der Waals surface area contributed by atoms with Crippen LogP contribution in [0.25, 0.3) is 6.08 Å². The average molecular weight is 374 g/mol. The maximum atomic E-state index is 12.3. The zero-order valence-corrected chi connectivity index (χ0v) is 17.0. The van der Waals surface area contributed by atoms with E-state index in [1.165, 1.54) is 11.1 Å². The van der Waals surface area contributed by atoms with Crippen molar-refractivity contribution < 1.29 is 4.79 Å². The Morgan fingerprint density at radius 2 is 1.82 bits per heavy atom. The Morgan fingerprint density at radius 1 is 1.07 bits per heavy atom. The molecule has 4 nitrogen and oxygen atoms in total. The van der Waals surface area contributed by atoms with Gasteiger partial charge in [-0.2, -0.15) is 5.10 Å². The summed E-state index contributed by atoms with van der Waals surface area (Å²) in [4.78, 5) is 12.3. The number of amides is 1. The fourth-order valence-corrected chi connectivity index (χ4v) is 3.31. The second-order valence-corrected chi connectivity index (χ2v) is 7.20. The van der Waals surface area contributed by atoms with Crippen LogP contribution in [-0.4, -0.2) is 15.7 Å². The lowest BCUT2D eigenvalue weighted by Gasteiger charge is -2.06. The molecule has 2 aromatic carbocycles. The lowest BCUT2D eigenvalue weighted by atomic mass is 10.1. The third-order valence-corrected chi connectivity index (χ3v) is 4.99. The number of hydrogen-bond donors (Lipinski definition) is 1. The summed E-state index contributed by atoms with van der Waals surface area (Å²) in [5.41, 5.74) is 7.76. The molecule has 3 aromatic rings. The molecule has 1 heterocycles. The molecule has 0 saturated carbocycles. The Bertz CT molecular complexity index is 1000. The van der Waals surface area contributed by atoms with Crippen molar-refractivity contribution in [3.63, 3.8) is 0 Å². The molecule has 1 N–H and O–H groups in total. The standard InChI is InChI=1S/C24H27N3O/c1-17-10-11-22(18(2)14-17)12-13-24(28)25-15-23-19(3)26-27(20(23)4)16-21-8-6-5-7-9-21/h5-14H,15-16H2,1-4H3,(H,25,28). The van der Waals surface area contributed by atoms with Crippen molar-refractivity contribution in [2.45, 2.75) is 40.8 Å². The highest BCUT2D eigenvalue weighted by Crippen LogP contribution is 2.15. The fourth-order valence-electron chi connectivity index (χ4n) is 3.31. The van der Waals surface area contributed by atoms with Gasteiger partial charge in [-0.15, -0.1) is 0 Å². The van der Waals surface area contributed by atoms with Crippen molar-refractivity contribution in [3.8, 4) is 0 Å². The number of aromatic nitrogens is 2. The number of carbonyl (C=O) groups excluding carboxylic acids is 1. The van der Waals surface area contributed by atoms with E-state index in [-0.39, 0.29) is 5.91 Å². The molecule has 0 fully saturated rings. The summed E-state index contributed by atoms with van der Waals surface area (Å²) < 4.78 is 2.00. The van der Waals surface area contributed by atoms with Gasteiger partial charge in [0.15, 0.2) is 0 Å². The van der Waals surface area contributed by atoms with Crippen molar-refractivity contribution in [1.29, 1.82) is 0 Å². The maximum Gasteiger partial charge on any atom is 0.244 e. The van der Waals surface area contributed by atoms with Gasteiger partial charge in [0.2, 0.25) is 5.91 Å². The van der Waals surface area contributed by atoms with Gasteiger partial charge in [-0.05, 0) is 50.5 Å². The van der Waals surface area contributed by atoms with Gasteiger partial charge in [-0.25, -0.2) is 0 Å². The van der Waals surface area contributed by atoms with Crippen LogP contribution in [0.3, 0.4) is 0 Å². The number of rotatable bonds is 6. The first kappa shape index (κ1) is 19.6. The highest BCUT2D eigenvalue weighted by Gasteiger charge is 2.12. The monoisotopic (exact) mass is 373 g/mol. The van der Waals surface area contributed by atoms with Gasteiger partial charge in [0.25, 0.3) is 0 Å². The lowest BCUT2D eigenvalue weighted by Crippen LogP contribution is -2.21. The lowest BCUT2D eigenvalue weighted by molar-refractivity contribution is -0.116. The van der Waals surface area contributed by atoms with Gasteiger partial charge >= 0.3 is 0 Å². The summed E-state index contributed by atoms with van der Waals surface area (Å²) in [6, 6.07) is 16.5. The molecular weight excluding hydrogens is 346 g/mol. The Balaban J connectivity index is 1.64. The number of hydrogen-bond acceptors (Lipinski definition) is 2. The van der Waals surface area contributed by atoms with Crippen LogP contribution < -0.4 is 5.32 Å². The molecule has 0 aliphatic heterocycles. The predicted molar refractivity (Wildman–Crippen MR) is 114 cm³/mol. The van der Waals surface area contributed by atoms with E-state index >= 15 is 0 Å². The Hall–Kier alpha value is -3.14. The zero-order chi connectivity index (χ0) is 20.1. The number of benzene rings is 2. The van der Waals surface area contributed by atoms with Gasteiger partial charge in [-0.3, -0.25) is 9.48 Å². The first-order chi connectivity index (χ1) is 13.4. The summed E-state index contributed by atoms with van der Waals surface area (Å²) >= 11 is 0. The summed E-state index contributed by atoms with van der Waals surface area (Å²) in [5.74, 6) is -0.102. The molecule has 1 amide bonds. The van der Waals surface area contributed by atoms with Crippen LogP contribution in [0.1, 0.15) is 39.2 Å². The number of aryl methyl sites for hydroxylation is 3.